The molecule has 0 aromatic rings. The lowest BCUT2D eigenvalue weighted by Crippen LogP contribution is -2.49. The van der Waals surface area contributed by atoms with E-state index < -0.39 is 0 Å². The molecule has 2 nitrogen and oxygen atoms in total. The van der Waals surface area contributed by atoms with E-state index in [0.29, 0.717) is 5.41 Å². The van der Waals surface area contributed by atoms with Crippen molar-refractivity contribution >= 4 is 0 Å². The van der Waals surface area contributed by atoms with E-state index >= 15 is 0 Å². The highest BCUT2D eigenvalue weighted by atomic mass is 16.7. The zero-order valence-electron chi connectivity index (χ0n) is 10.3. The Kier molecular flexibility index (Phi) is 3.36. The average molecular weight is 212 g/mol. The van der Waals surface area contributed by atoms with Crippen LogP contribution >= 0.6 is 0 Å². The van der Waals surface area contributed by atoms with Crippen molar-refractivity contribution in [2.75, 3.05) is 13.7 Å². The predicted octanol–water partition coefficient (Wildman–Crippen LogP) is 3.21. The molecule has 0 aromatic carbocycles. The number of rotatable bonds is 1. The Bertz CT molecular complexity index is 217. The molecule has 2 rings (SSSR count). The van der Waals surface area contributed by atoms with Crippen LogP contribution in [0.1, 0.15) is 46.0 Å². The molecule has 1 aliphatic heterocycles. The van der Waals surface area contributed by atoms with Gasteiger partial charge in [-0.15, -0.1) is 0 Å². The first-order chi connectivity index (χ1) is 7.19. The highest BCUT2D eigenvalue weighted by Gasteiger charge is 2.48. The van der Waals surface area contributed by atoms with Gasteiger partial charge in [-0.3, -0.25) is 0 Å². The van der Waals surface area contributed by atoms with E-state index in [1.54, 1.807) is 7.11 Å². The van der Waals surface area contributed by atoms with Gasteiger partial charge < -0.3 is 9.47 Å². The topological polar surface area (TPSA) is 18.5 Å². The fourth-order valence-corrected chi connectivity index (χ4v) is 3.62. The number of ether oxygens (including phenoxy) is 2. The van der Waals surface area contributed by atoms with Crippen LogP contribution in [0.2, 0.25) is 0 Å². The second-order valence-electron chi connectivity index (χ2n) is 5.56. The van der Waals surface area contributed by atoms with Crippen LogP contribution in [0.5, 0.6) is 0 Å². The third kappa shape index (κ3) is 1.94. The molecule has 1 saturated heterocycles. The van der Waals surface area contributed by atoms with Gasteiger partial charge in [-0.1, -0.05) is 13.8 Å². The molecule has 2 aliphatic rings. The molecule has 15 heavy (non-hydrogen) atoms. The molecule has 1 saturated carbocycles. The van der Waals surface area contributed by atoms with Crippen molar-refractivity contribution < 1.29 is 9.47 Å². The van der Waals surface area contributed by atoms with Crippen molar-refractivity contribution in [3.63, 3.8) is 0 Å². The first-order valence-electron chi connectivity index (χ1n) is 6.33. The Labute approximate surface area is 93.3 Å². The van der Waals surface area contributed by atoms with Crippen molar-refractivity contribution in [1.29, 1.82) is 0 Å². The third-order valence-electron chi connectivity index (χ3n) is 4.58. The first-order valence-corrected chi connectivity index (χ1v) is 6.33. The normalized spacial score (nSPS) is 47.0. The van der Waals surface area contributed by atoms with Gasteiger partial charge >= 0.3 is 0 Å². The van der Waals surface area contributed by atoms with Crippen LogP contribution in [-0.4, -0.2) is 20.0 Å². The maximum atomic E-state index is 5.80. The Morgan fingerprint density at radius 1 is 1.27 bits per heavy atom. The van der Waals surface area contributed by atoms with E-state index in [4.69, 9.17) is 9.47 Å². The molecule has 4 unspecified atom stereocenters. The van der Waals surface area contributed by atoms with E-state index in [0.717, 1.165) is 18.4 Å². The van der Waals surface area contributed by atoms with Gasteiger partial charge in [0.2, 0.25) is 0 Å². The summed E-state index contributed by atoms with van der Waals surface area (Å²) in [6.07, 6.45) is 6.51. The molecule has 1 aliphatic carbocycles. The van der Waals surface area contributed by atoms with E-state index in [1.165, 1.54) is 32.1 Å². The summed E-state index contributed by atoms with van der Waals surface area (Å²) in [5.41, 5.74) is 0.319. The van der Waals surface area contributed by atoms with Crippen molar-refractivity contribution in [2.24, 2.45) is 17.3 Å². The monoisotopic (exact) mass is 212 g/mol. The SMILES string of the molecule is COC1OCCCC12CCC(C)CC2C. The van der Waals surface area contributed by atoms with Crippen LogP contribution in [-0.2, 0) is 9.47 Å². The van der Waals surface area contributed by atoms with Gasteiger partial charge in [-0.2, -0.15) is 0 Å². The fourth-order valence-electron chi connectivity index (χ4n) is 3.62. The Morgan fingerprint density at radius 2 is 2.07 bits per heavy atom. The summed E-state index contributed by atoms with van der Waals surface area (Å²) in [6.45, 7) is 5.63. The van der Waals surface area contributed by atoms with Crippen LogP contribution in [0.25, 0.3) is 0 Å². The highest BCUT2D eigenvalue weighted by molar-refractivity contribution is 4.93. The summed E-state index contributed by atoms with van der Waals surface area (Å²) in [7, 11) is 1.79. The Balaban J connectivity index is 2.14. The number of hydrogen-bond acceptors (Lipinski definition) is 2. The maximum absolute atomic E-state index is 5.80. The predicted molar refractivity (Wildman–Crippen MR) is 60.6 cm³/mol. The summed E-state index contributed by atoms with van der Waals surface area (Å²) in [5, 5.41) is 0. The standard InChI is InChI=1S/C13H24O2/c1-10-5-7-13(11(2)9-10)6-4-8-15-12(13)14-3/h10-12H,4-9H2,1-3H3. The van der Waals surface area contributed by atoms with Crippen molar-refractivity contribution in [3.8, 4) is 0 Å². The van der Waals surface area contributed by atoms with Crippen molar-refractivity contribution in [2.45, 2.75) is 52.2 Å². The van der Waals surface area contributed by atoms with Gasteiger partial charge in [-0.25, -0.2) is 0 Å². The van der Waals surface area contributed by atoms with E-state index in [-0.39, 0.29) is 6.29 Å². The summed E-state index contributed by atoms with van der Waals surface area (Å²) >= 11 is 0. The minimum atomic E-state index is 0.0498. The maximum Gasteiger partial charge on any atom is 0.162 e. The van der Waals surface area contributed by atoms with E-state index in [1.807, 2.05) is 0 Å². The lowest BCUT2D eigenvalue weighted by Gasteiger charge is -2.50. The van der Waals surface area contributed by atoms with Gasteiger partial charge in [0.1, 0.15) is 0 Å². The minimum absolute atomic E-state index is 0.0498. The van der Waals surface area contributed by atoms with Crippen LogP contribution in [0.4, 0.5) is 0 Å². The average Bonchev–Trinajstić information content (AvgIpc) is 2.25. The summed E-state index contributed by atoms with van der Waals surface area (Å²) in [4.78, 5) is 0. The smallest absolute Gasteiger partial charge is 0.162 e. The molecular weight excluding hydrogens is 188 g/mol. The van der Waals surface area contributed by atoms with Gasteiger partial charge in [0, 0.05) is 19.1 Å². The Hall–Kier alpha value is -0.0800. The molecule has 2 heteroatoms. The Morgan fingerprint density at radius 3 is 2.73 bits per heavy atom. The number of methoxy groups -OCH3 is 1. The molecule has 0 N–H and O–H groups in total. The van der Waals surface area contributed by atoms with Crippen LogP contribution in [0.15, 0.2) is 0 Å². The van der Waals surface area contributed by atoms with Crippen molar-refractivity contribution in [3.05, 3.63) is 0 Å². The molecule has 0 radical (unpaired) electrons. The second kappa shape index (κ2) is 4.42. The summed E-state index contributed by atoms with van der Waals surface area (Å²) in [5.74, 6) is 1.62. The minimum Gasteiger partial charge on any atom is -0.355 e. The highest BCUT2D eigenvalue weighted by Crippen LogP contribution is 2.51. The largest absolute Gasteiger partial charge is 0.355 e. The molecular formula is C13H24O2. The summed E-state index contributed by atoms with van der Waals surface area (Å²) in [6, 6.07) is 0. The zero-order chi connectivity index (χ0) is 10.9. The molecule has 1 heterocycles. The first kappa shape index (κ1) is 11.4. The zero-order valence-corrected chi connectivity index (χ0v) is 10.3. The van der Waals surface area contributed by atoms with Gasteiger partial charge in [0.15, 0.2) is 6.29 Å². The fraction of sp³-hybridized carbons (Fsp3) is 1.00. The quantitative estimate of drug-likeness (QED) is 0.664. The number of hydrogen-bond donors (Lipinski definition) is 0. The van der Waals surface area contributed by atoms with Crippen LogP contribution in [0.3, 0.4) is 0 Å². The molecule has 0 aromatic heterocycles. The molecule has 4 atom stereocenters. The second-order valence-corrected chi connectivity index (χ2v) is 5.56. The van der Waals surface area contributed by atoms with Crippen LogP contribution < -0.4 is 0 Å². The molecule has 2 fully saturated rings. The lowest BCUT2D eigenvalue weighted by molar-refractivity contribution is -0.244. The van der Waals surface area contributed by atoms with Crippen LogP contribution in [0, 0.1) is 17.3 Å². The van der Waals surface area contributed by atoms with E-state index in [9.17, 15) is 0 Å². The van der Waals surface area contributed by atoms with E-state index in [2.05, 4.69) is 13.8 Å². The summed E-state index contributed by atoms with van der Waals surface area (Å²) < 4.78 is 11.4. The molecule has 0 amide bonds. The van der Waals surface area contributed by atoms with Gasteiger partial charge in [-0.05, 0) is 43.9 Å². The van der Waals surface area contributed by atoms with Crippen molar-refractivity contribution in [1.82, 2.24) is 0 Å². The lowest BCUT2D eigenvalue weighted by atomic mass is 9.61. The third-order valence-corrected chi connectivity index (χ3v) is 4.58. The van der Waals surface area contributed by atoms with Gasteiger partial charge in [0.25, 0.3) is 0 Å². The molecule has 0 bridgehead atoms. The van der Waals surface area contributed by atoms with Gasteiger partial charge in [0.05, 0.1) is 0 Å². The molecule has 1 spiro atoms. The molecule has 88 valence electrons.